The molecule has 0 spiro atoms. The standard InChI is InChI=1S/C18H19FN2O2S/c1-2-11-20-12-13-21(18(20)22)15-5-9-17(10-6-15)24-23-16-7-3-14(19)4-8-16/h3-10H,2,11-13H2,1H3. The molecule has 24 heavy (non-hydrogen) atoms. The average Bonchev–Trinajstić information content (AvgIpc) is 2.96. The van der Waals surface area contributed by atoms with E-state index < -0.39 is 0 Å². The zero-order chi connectivity index (χ0) is 16.9. The van der Waals surface area contributed by atoms with Crippen molar-refractivity contribution in [3.05, 3.63) is 54.3 Å². The molecule has 4 nitrogen and oxygen atoms in total. The number of carbonyl (C=O) groups excluding carboxylic acids is 1. The molecular formula is C18H19FN2O2S. The normalized spacial score (nSPS) is 14.3. The highest BCUT2D eigenvalue weighted by atomic mass is 32.2. The van der Waals surface area contributed by atoms with E-state index in [-0.39, 0.29) is 11.8 Å². The summed E-state index contributed by atoms with van der Waals surface area (Å²) in [6.45, 7) is 4.37. The minimum Gasteiger partial charge on any atom is -0.421 e. The fraction of sp³-hybridized carbons (Fsp3) is 0.278. The first-order chi connectivity index (χ1) is 11.7. The Kier molecular flexibility index (Phi) is 5.25. The third-order valence-electron chi connectivity index (χ3n) is 3.78. The Hall–Kier alpha value is -2.21. The Morgan fingerprint density at radius 1 is 1.08 bits per heavy atom. The summed E-state index contributed by atoms with van der Waals surface area (Å²) < 4.78 is 18.4. The van der Waals surface area contributed by atoms with Crippen molar-refractivity contribution in [2.75, 3.05) is 24.5 Å². The van der Waals surface area contributed by atoms with Crippen LogP contribution in [0.4, 0.5) is 14.9 Å². The van der Waals surface area contributed by atoms with Crippen LogP contribution in [0.3, 0.4) is 0 Å². The maximum atomic E-state index is 12.9. The van der Waals surface area contributed by atoms with Gasteiger partial charge in [0, 0.05) is 30.2 Å². The second-order valence-electron chi connectivity index (χ2n) is 5.54. The number of nitrogens with zero attached hydrogens (tertiary/aromatic N) is 2. The van der Waals surface area contributed by atoms with E-state index in [0.717, 1.165) is 36.6 Å². The third kappa shape index (κ3) is 3.82. The van der Waals surface area contributed by atoms with Gasteiger partial charge in [0.05, 0.1) is 12.0 Å². The molecule has 1 aliphatic rings. The molecule has 1 saturated heterocycles. The summed E-state index contributed by atoms with van der Waals surface area (Å²) in [6, 6.07) is 13.6. The van der Waals surface area contributed by atoms with Gasteiger partial charge in [-0.05, 0) is 55.0 Å². The van der Waals surface area contributed by atoms with Crippen LogP contribution in [0, 0.1) is 5.82 Å². The van der Waals surface area contributed by atoms with Crippen LogP contribution in [-0.4, -0.2) is 30.6 Å². The maximum absolute atomic E-state index is 12.9. The zero-order valence-electron chi connectivity index (χ0n) is 13.4. The second kappa shape index (κ2) is 7.57. The Morgan fingerprint density at radius 2 is 1.79 bits per heavy atom. The Balaban J connectivity index is 1.59. The second-order valence-corrected chi connectivity index (χ2v) is 6.34. The van der Waals surface area contributed by atoms with Crippen molar-refractivity contribution in [2.45, 2.75) is 18.2 Å². The van der Waals surface area contributed by atoms with Crippen LogP contribution in [0.5, 0.6) is 5.75 Å². The average molecular weight is 346 g/mol. The molecule has 1 aliphatic heterocycles. The zero-order valence-corrected chi connectivity index (χ0v) is 14.3. The van der Waals surface area contributed by atoms with E-state index >= 15 is 0 Å². The lowest BCUT2D eigenvalue weighted by Crippen LogP contribution is -2.32. The molecule has 2 aromatic rings. The molecule has 6 heteroatoms. The third-order valence-corrected chi connectivity index (χ3v) is 4.53. The number of benzene rings is 2. The van der Waals surface area contributed by atoms with E-state index in [1.165, 1.54) is 24.2 Å². The van der Waals surface area contributed by atoms with Gasteiger partial charge in [-0.2, -0.15) is 0 Å². The molecule has 0 aliphatic carbocycles. The quantitative estimate of drug-likeness (QED) is 0.719. The molecule has 1 heterocycles. The highest BCUT2D eigenvalue weighted by Crippen LogP contribution is 2.27. The summed E-state index contributed by atoms with van der Waals surface area (Å²) in [4.78, 5) is 16.9. The van der Waals surface area contributed by atoms with Crippen LogP contribution >= 0.6 is 12.0 Å². The van der Waals surface area contributed by atoms with Crippen LogP contribution in [0.2, 0.25) is 0 Å². The highest BCUT2D eigenvalue weighted by molar-refractivity contribution is 7.95. The van der Waals surface area contributed by atoms with Crippen LogP contribution in [0.1, 0.15) is 13.3 Å². The van der Waals surface area contributed by atoms with Crippen molar-refractivity contribution < 1.29 is 13.4 Å². The summed E-state index contributed by atoms with van der Waals surface area (Å²) in [6.07, 6.45) is 0.968. The number of amides is 2. The number of hydrogen-bond donors (Lipinski definition) is 0. The molecule has 2 aromatic carbocycles. The van der Waals surface area contributed by atoms with Crippen LogP contribution in [0.25, 0.3) is 0 Å². The van der Waals surface area contributed by atoms with Crippen molar-refractivity contribution in [1.29, 1.82) is 0 Å². The SMILES string of the molecule is CCCN1CCN(c2ccc(SOc3ccc(F)cc3)cc2)C1=O. The first-order valence-corrected chi connectivity index (χ1v) is 8.68. The minimum atomic E-state index is -0.288. The fourth-order valence-electron chi connectivity index (χ4n) is 2.57. The van der Waals surface area contributed by atoms with Gasteiger partial charge >= 0.3 is 6.03 Å². The van der Waals surface area contributed by atoms with Crippen molar-refractivity contribution in [3.63, 3.8) is 0 Å². The van der Waals surface area contributed by atoms with E-state index in [4.69, 9.17) is 4.18 Å². The largest absolute Gasteiger partial charge is 0.421 e. The molecule has 0 unspecified atom stereocenters. The van der Waals surface area contributed by atoms with Gasteiger partial charge in [0.2, 0.25) is 0 Å². The molecule has 126 valence electrons. The number of carbonyl (C=O) groups is 1. The van der Waals surface area contributed by atoms with E-state index in [2.05, 4.69) is 6.92 Å². The Morgan fingerprint density at radius 3 is 2.46 bits per heavy atom. The lowest BCUT2D eigenvalue weighted by molar-refractivity contribution is 0.220. The predicted molar refractivity (Wildman–Crippen MR) is 93.9 cm³/mol. The van der Waals surface area contributed by atoms with Crippen molar-refractivity contribution in [3.8, 4) is 5.75 Å². The van der Waals surface area contributed by atoms with Crippen LogP contribution in [-0.2, 0) is 0 Å². The van der Waals surface area contributed by atoms with Gasteiger partial charge in [-0.1, -0.05) is 6.92 Å². The molecule has 0 aromatic heterocycles. The first-order valence-electron chi connectivity index (χ1n) is 7.94. The summed E-state index contributed by atoms with van der Waals surface area (Å²) in [7, 11) is 0. The lowest BCUT2D eigenvalue weighted by Gasteiger charge is -2.18. The predicted octanol–water partition coefficient (Wildman–Crippen LogP) is 4.56. The monoisotopic (exact) mass is 346 g/mol. The van der Waals surface area contributed by atoms with E-state index in [1.807, 2.05) is 29.2 Å². The van der Waals surface area contributed by atoms with Crippen molar-refractivity contribution in [2.24, 2.45) is 0 Å². The highest BCUT2D eigenvalue weighted by Gasteiger charge is 2.28. The van der Waals surface area contributed by atoms with Crippen LogP contribution in [0.15, 0.2) is 53.4 Å². The molecule has 1 fully saturated rings. The Bertz CT molecular complexity index is 691. The van der Waals surface area contributed by atoms with Crippen molar-refractivity contribution in [1.82, 2.24) is 4.90 Å². The molecule has 0 atom stereocenters. The van der Waals surface area contributed by atoms with Gasteiger partial charge < -0.3 is 9.08 Å². The van der Waals surface area contributed by atoms with Gasteiger partial charge in [0.1, 0.15) is 11.6 Å². The van der Waals surface area contributed by atoms with E-state index in [1.54, 1.807) is 17.0 Å². The van der Waals surface area contributed by atoms with E-state index in [9.17, 15) is 9.18 Å². The summed E-state index contributed by atoms with van der Waals surface area (Å²) in [5, 5.41) is 0. The summed E-state index contributed by atoms with van der Waals surface area (Å²) >= 11 is 1.20. The number of anilines is 1. The fourth-order valence-corrected chi connectivity index (χ4v) is 3.12. The Labute approximate surface area is 145 Å². The minimum absolute atomic E-state index is 0.0693. The molecule has 2 amide bonds. The molecule has 0 saturated carbocycles. The number of hydrogen-bond acceptors (Lipinski definition) is 3. The van der Waals surface area contributed by atoms with Crippen molar-refractivity contribution >= 4 is 23.8 Å². The summed E-state index contributed by atoms with van der Waals surface area (Å²) in [5.41, 5.74) is 0.893. The number of urea groups is 1. The van der Waals surface area contributed by atoms with Gasteiger partial charge in [-0.3, -0.25) is 4.90 Å². The first kappa shape index (κ1) is 16.6. The van der Waals surface area contributed by atoms with Gasteiger partial charge in [-0.15, -0.1) is 0 Å². The molecular weight excluding hydrogens is 327 g/mol. The molecule has 0 radical (unpaired) electrons. The van der Waals surface area contributed by atoms with Gasteiger partial charge in [0.25, 0.3) is 0 Å². The van der Waals surface area contributed by atoms with Crippen LogP contribution < -0.4 is 9.08 Å². The lowest BCUT2D eigenvalue weighted by atomic mass is 10.3. The maximum Gasteiger partial charge on any atom is 0.324 e. The summed E-state index contributed by atoms with van der Waals surface area (Å²) in [5.74, 6) is 0.305. The number of rotatable bonds is 6. The molecule has 0 bridgehead atoms. The topological polar surface area (TPSA) is 32.8 Å². The van der Waals surface area contributed by atoms with Gasteiger partial charge in [-0.25, -0.2) is 9.18 Å². The molecule has 3 rings (SSSR count). The van der Waals surface area contributed by atoms with Gasteiger partial charge in [0.15, 0.2) is 0 Å². The van der Waals surface area contributed by atoms with E-state index in [0.29, 0.717) is 5.75 Å². The smallest absolute Gasteiger partial charge is 0.324 e. The number of halogens is 1. The molecule has 0 N–H and O–H groups in total.